The molecule has 0 aliphatic rings. The molecule has 12 heavy (non-hydrogen) atoms. The van der Waals surface area contributed by atoms with Crippen LogP contribution in [0.15, 0.2) is 0 Å². The molecule has 3 heteroatoms. The Morgan fingerprint density at radius 1 is 1.25 bits per heavy atom. The lowest BCUT2D eigenvalue weighted by atomic mass is 9.88. The van der Waals surface area contributed by atoms with Crippen molar-refractivity contribution >= 4 is 12.4 Å². The normalized spacial score (nSPS) is 14.2. The van der Waals surface area contributed by atoms with Gasteiger partial charge in [0.2, 0.25) is 0 Å². The van der Waals surface area contributed by atoms with Crippen molar-refractivity contribution in [2.75, 3.05) is 20.6 Å². The minimum atomic E-state index is 0. The average Bonchev–Trinajstić information content (AvgIpc) is 1.53. The van der Waals surface area contributed by atoms with Crippen LogP contribution >= 0.6 is 12.4 Å². The number of hydrogen-bond acceptors (Lipinski definition) is 2. The summed E-state index contributed by atoms with van der Waals surface area (Å²) in [5, 5.41) is 0. The molecule has 0 rings (SSSR count). The Balaban J connectivity index is 0. The topological polar surface area (TPSA) is 29.3 Å². The van der Waals surface area contributed by atoms with Crippen LogP contribution in [0.1, 0.15) is 27.2 Å². The monoisotopic (exact) mass is 194 g/mol. The fraction of sp³-hybridized carbons (Fsp3) is 1.00. The summed E-state index contributed by atoms with van der Waals surface area (Å²) >= 11 is 0. The molecule has 2 N–H and O–H groups in total. The van der Waals surface area contributed by atoms with E-state index in [9.17, 15) is 0 Å². The maximum Gasteiger partial charge on any atom is 0.0172 e. The largest absolute Gasteiger partial charge is 0.327 e. The number of nitrogens with two attached hydrogens (primary N) is 1. The van der Waals surface area contributed by atoms with Gasteiger partial charge in [-0.2, -0.15) is 0 Å². The number of likely N-dealkylation sites (N-methyl/N-ethyl adjacent to an activating group) is 1. The molecule has 0 spiro atoms. The maximum atomic E-state index is 5.92. The lowest BCUT2D eigenvalue weighted by Gasteiger charge is -2.25. The quantitative estimate of drug-likeness (QED) is 0.742. The first kappa shape index (κ1) is 14.7. The zero-order valence-corrected chi connectivity index (χ0v) is 9.74. The van der Waals surface area contributed by atoms with Gasteiger partial charge in [-0.15, -0.1) is 12.4 Å². The summed E-state index contributed by atoms with van der Waals surface area (Å²) < 4.78 is 0. The summed E-state index contributed by atoms with van der Waals surface area (Å²) in [5.41, 5.74) is 6.28. The van der Waals surface area contributed by atoms with Gasteiger partial charge in [0.25, 0.3) is 0 Å². The predicted molar refractivity (Wildman–Crippen MR) is 57.8 cm³/mol. The zero-order chi connectivity index (χ0) is 9.07. The smallest absolute Gasteiger partial charge is 0.0172 e. The molecule has 0 amide bonds. The molecule has 0 aromatic rings. The average molecular weight is 195 g/mol. The summed E-state index contributed by atoms with van der Waals surface area (Å²) in [7, 11) is 4.12. The van der Waals surface area contributed by atoms with Crippen molar-refractivity contribution in [3.63, 3.8) is 0 Å². The molecule has 0 aliphatic carbocycles. The minimum Gasteiger partial charge on any atom is -0.327 e. The molecule has 0 aromatic carbocycles. The van der Waals surface area contributed by atoms with Crippen molar-refractivity contribution in [3.8, 4) is 0 Å². The van der Waals surface area contributed by atoms with E-state index in [0.29, 0.717) is 11.5 Å². The van der Waals surface area contributed by atoms with Crippen molar-refractivity contribution < 1.29 is 0 Å². The van der Waals surface area contributed by atoms with Gasteiger partial charge in [-0.3, -0.25) is 0 Å². The summed E-state index contributed by atoms with van der Waals surface area (Å²) in [4.78, 5) is 2.14. The van der Waals surface area contributed by atoms with E-state index >= 15 is 0 Å². The zero-order valence-electron chi connectivity index (χ0n) is 8.92. The molecule has 0 saturated heterocycles. The molecule has 2 nitrogen and oxygen atoms in total. The molecule has 0 heterocycles. The summed E-state index contributed by atoms with van der Waals surface area (Å²) in [5.74, 6) is 0. The summed E-state index contributed by atoms with van der Waals surface area (Å²) in [6.07, 6.45) is 1.09. The highest BCUT2D eigenvalue weighted by Crippen LogP contribution is 2.19. The molecule has 0 saturated carbocycles. The Morgan fingerprint density at radius 2 is 1.67 bits per heavy atom. The van der Waals surface area contributed by atoms with Gasteiger partial charge in [-0.25, -0.2) is 0 Å². The number of halogens is 1. The van der Waals surface area contributed by atoms with Gasteiger partial charge in [0.15, 0.2) is 0 Å². The fourth-order valence-corrected chi connectivity index (χ4v) is 1.32. The highest BCUT2D eigenvalue weighted by molar-refractivity contribution is 5.85. The van der Waals surface area contributed by atoms with Crippen LogP contribution in [0.3, 0.4) is 0 Å². The Bertz CT molecular complexity index is 108. The lowest BCUT2D eigenvalue weighted by Crippen LogP contribution is -2.36. The SMILES string of the molecule is CN(C)C[C@@H](N)CC(C)(C)C.Cl. The van der Waals surface area contributed by atoms with E-state index in [4.69, 9.17) is 5.73 Å². The highest BCUT2D eigenvalue weighted by atomic mass is 35.5. The van der Waals surface area contributed by atoms with Crippen LogP contribution in [0.4, 0.5) is 0 Å². The van der Waals surface area contributed by atoms with Crippen LogP contribution < -0.4 is 5.73 Å². The molecule has 0 bridgehead atoms. The fourth-order valence-electron chi connectivity index (χ4n) is 1.32. The lowest BCUT2D eigenvalue weighted by molar-refractivity contribution is 0.288. The van der Waals surface area contributed by atoms with E-state index in [1.807, 2.05) is 0 Å². The Kier molecular flexibility index (Phi) is 7.10. The second kappa shape index (κ2) is 5.79. The van der Waals surface area contributed by atoms with Crippen LogP contribution in [0.2, 0.25) is 0 Å². The van der Waals surface area contributed by atoms with Gasteiger partial charge in [0.1, 0.15) is 0 Å². The molecular formula is C9H23ClN2. The van der Waals surface area contributed by atoms with E-state index in [1.54, 1.807) is 0 Å². The van der Waals surface area contributed by atoms with E-state index in [1.165, 1.54) is 0 Å². The van der Waals surface area contributed by atoms with Crippen molar-refractivity contribution in [1.29, 1.82) is 0 Å². The van der Waals surface area contributed by atoms with Gasteiger partial charge in [-0.05, 0) is 25.9 Å². The van der Waals surface area contributed by atoms with Crippen LogP contribution in [0.5, 0.6) is 0 Å². The van der Waals surface area contributed by atoms with Crippen LogP contribution in [0.25, 0.3) is 0 Å². The van der Waals surface area contributed by atoms with Gasteiger partial charge >= 0.3 is 0 Å². The molecule has 76 valence electrons. The van der Waals surface area contributed by atoms with Crippen LogP contribution in [-0.4, -0.2) is 31.6 Å². The van der Waals surface area contributed by atoms with Gasteiger partial charge < -0.3 is 10.6 Å². The molecule has 0 aliphatic heterocycles. The van der Waals surface area contributed by atoms with E-state index in [-0.39, 0.29) is 12.4 Å². The first-order valence-electron chi connectivity index (χ1n) is 4.21. The Labute approximate surface area is 82.9 Å². The molecule has 0 aromatic heterocycles. The molecule has 1 atom stereocenters. The Hall–Kier alpha value is 0.210. The first-order chi connectivity index (χ1) is 4.81. The molecule has 0 fully saturated rings. The van der Waals surface area contributed by atoms with Gasteiger partial charge in [-0.1, -0.05) is 20.8 Å². The molecular weight excluding hydrogens is 172 g/mol. The van der Waals surface area contributed by atoms with Crippen LogP contribution in [0, 0.1) is 5.41 Å². The van der Waals surface area contributed by atoms with E-state index in [2.05, 4.69) is 39.8 Å². The van der Waals surface area contributed by atoms with Crippen molar-refractivity contribution in [2.24, 2.45) is 11.1 Å². The summed E-state index contributed by atoms with van der Waals surface area (Å²) in [6, 6.07) is 0.310. The first-order valence-corrected chi connectivity index (χ1v) is 4.21. The van der Waals surface area contributed by atoms with E-state index < -0.39 is 0 Å². The highest BCUT2D eigenvalue weighted by Gasteiger charge is 2.15. The second-order valence-electron chi connectivity index (χ2n) is 4.79. The predicted octanol–water partition coefficient (Wildman–Crippen LogP) is 1.73. The number of rotatable bonds is 3. The van der Waals surface area contributed by atoms with E-state index in [0.717, 1.165) is 13.0 Å². The maximum absolute atomic E-state index is 5.92. The van der Waals surface area contributed by atoms with Gasteiger partial charge in [0.05, 0.1) is 0 Å². The third-order valence-electron chi connectivity index (χ3n) is 1.47. The third-order valence-corrected chi connectivity index (χ3v) is 1.47. The van der Waals surface area contributed by atoms with Crippen molar-refractivity contribution in [3.05, 3.63) is 0 Å². The molecule has 0 unspecified atom stereocenters. The number of nitrogens with zero attached hydrogens (tertiary/aromatic N) is 1. The minimum absolute atomic E-state index is 0. The third kappa shape index (κ3) is 10.2. The van der Waals surface area contributed by atoms with Crippen molar-refractivity contribution in [2.45, 2.75) is 33.2 Å². The summed E-state index contributed by atoms with van der Waals surface area (Å²) in [6.45, 7) is 7.66. The van der Waals surface area contributed by atoms with Crippen molar-refractivity contribution in [1.82, 2.24) is 4.90 Å². The number of hydrogen-bond donors (Lipinski definition) is 1. The van der Waals surface area contributed by atoms with Crippen LogP contribution in [-0.2, 0) is 0 Å². The Morgan fingerprint density at radius 3 is 1.92 bits per heavy atom. The standard InChI is InChI=1S/C9H22N2.ClH/c1-9(2,3)6-8(10)7-11(4)5;/h8H,6-7,10H2,1-5H3;1H/t8-;/m0./s1. The van der Waals surface area contributed by atoms with Gasteiger partial charge in [0, 0.05) is 12.6 Å². The molecule has 0 radical (unpaired) electrons. The second-order valence-corrected chi connectivity index (χ2v) is 4.79.